The summed E-state index contributed by atoms with van der Waals surface area (Å²) in [5.41, 5.74) is 0.327. The first-order valence-corrected chi connectivity index (χ1v) is 6.14. The molecule has 0 fully saturated rings. The van der Waals surface area contributed by atoms with Gasteiger partial charge in [-0.3, -0.25) is 4.79 Å². The van der Waals surface area contributed by atoms with Crippen molar-refractivity contribution >= 4 is 50.3 Å². The average Bonchev–Trinajstić information content (AvgIpc) is 2.15. The summed E-state index contributed by atoms with van der Waals surface area (Å²) in [5.74, 6) is -1.29. The molecule has 0 aromatic heterocycles. The van der Waals surface area contributed by atoms with Gasteiger partial charge in [0.2, 0.25) is 0 Å². The highest BCUT2D eigenvalue weighted by atomic mass is 127. The van der Waals surface area contributed by atoms with E-state index in [0.29, 0.717) is 3.57 Å². The predicted molar refractivity (Wildman–Crippen MR) is 68.8 cm³/mol. The molecule has 0 saturated carbocycles. The van der Waals surface area contributed by atoms with Crippen molar-refractivity contribution in [1.82, 2.24) is 0 Å². The normalized spacial score (nSPS) is 12.2. The van der Waals surface area contributed by atoms with Crippen molar-refractivity contribution in [3.63, 3.8) is 0 Å². The summed E-state index contributed by atoms with van der Waals surface area (Å²) in [7, 11) is 0. The smallest absolute Gasteiger partial charge is 0.337 e. The molecule has 0 bridgehead atoms. The molecule has 1 atom stereocenters. The minimum atomic E-state index is -1.07. The second-order valence-corrected chi connectivity index (χ2v) is 5.48. The lowest BCUT2D eigenvalue weighted by molar-refractivity contribution is 0.0691. The molecule has 0 radical (unpaired) electrons. The van der Waals surface area contributed by atoms with Crippen LogP contribution in [-0.4, -0.2) is 21.7 Å². The monoisotopic (exact) mass is 382 g/mol. The van der Waals surface area contributed by atoms with Gasteiger partial charge in [0, 0.05) is 9.13 Å². The van der Waals surface area contributed by atoms with Crippen LogP contribution in [0.25, 0.3) is 0 Å². The molecule has 1 aromatic rings. The fourth-order valence-corrected chi connectivity index (χ4v) is 2.14. The number of Topliss-reactive ketones (excluding diaryl/α,β-unsaturated/α-hetero) is 1. The average molecular weight is 383 g/mol. The summed E-state index contributed by atoms with van der Waals surface area (Å²) in [6.07, 6.45) is 0. The standard InChI is InChI=1S/C10H8BrIO3/c1-5(11)9(13)6-3-2-4-7(12)8(6)10(14)15/h2-5H,1H3,(H,14,15). The van der Waals surface area contributed by atoms with Gasteiger partial charge >= 0.3 is 5.97 Å². The highest BCUT2D eigenvalue weighted by Gasteiger charge is 2.21. The molecule has 0 aliphatic heterocycles. The van der Waals surface area contributed by atoms with Crippen molar-refractivity contribution in [2.24, 2.45) is 0 Å². The van der Waals surface area contributed by atoms with Gasteiger partial charge < -0.3 is 5.11 Å². The molecule has 1 unspecified atom stereocenters. The number of carboxylic acid groups (broad SMARTS) is 1. The largest absolute Gasteiger partial charge is 0.478 e. The van der Waals surface area contributed by atoms with E-state index >= 15 is 0 Å². The number of carboxylic acids is 1. The molecule has 3 nitrogen and oxygen atoms in total. The number of alkyl halides is 1. The number of carbonyl (C=O) groups is 2. The van der Waals surface area contributed by atoms with E-state index in [2.05, 4.69) is 15.9 Å². The van der Waals surface area contributed by atoms with Crippen LogP contribution in [0.5, 0.6) is 0 Å². The first-order chi connectivity index (χ1) is 6.95. The van der Waals surface area contributed by atoms with Crippen LogP contribution in [0.1, 0.15) is 27.6 Å². The Kier molecular flexibility index (Phi) is 4.27. The van der Waals surface area contributed by atoms with Gasteiger partial charge in [0.05, 0.1) is 10.4 Å². The lowest BCUT2D eigenvalue weighted by Crippen LogP contribution is -2.16. The fourth-order valence-electron chi connectivity index (χ4n) is 1.16. The molecular formula is C10H8BrIO3. The molecule has 0 amide bonds. The number of benzene rings is 1. The highest BCUT2D eigenvalue weighted by Crippen LogP contribution is 2.20. The Morgan fingerprint density at radius 1 is 1.47 bits per heavy atom. The molecule has 0 aliphatic rings. The molecule has 0 aliphatic carbocycles. The number of halogens is 2. The van der Waals surface area contributed by atoms with Crippen molar-refractivity contribution in [3.05, 3.63) is 32.9 Å². The lowest BCUT2D eigenvalue weighted by atomic mass is 10.0. The zero-order chi connectivity index (χ0) is 11.6. The summed E-state index contributed by atoms with van der Waals surface area (Å²) in [5, 5.41) is 9.00. The Hall–Kier alpha value is -0.430. The summed E-state index contributed by atoms with van der Waals surface area (Å²) in [6.45, 7) is 1.67. The van der Waals surface area contributed by atoms with E-state index in [9.17, 15) is 9.59 Å². The molecule has 80 valence electrons. The summed E-state index contributed by atoms with van der Waals surface area (Å²) < 4.78 is 0.569. The van der Waals surface area contributed by atoms with Crippen LogP contribution in [0.15, 0.2) is 18.2 Å². The number of rotatable bonds is 3. The third-order valence-corrected chi connectivity index (χ3v) is 3.17. The number of aromatic carboxylic acids is 1. The minimum absolute atomic E-state index is 0.0781. The van der Waals surface area contributed by atoms with E-state index < -0.39 is 5.97 Å². The third kappa shape index (κ3) is 2.78. The van der Waals surface area contributed by atoms with Crippen molar-refractivity contribution in [2.45, 2.75) is 11.8 Å². The van der Waals surface area contributed by atoms with E-state index in [0.717, 1.165) is 0 Å². The number of hydrogen-bond donors (Lipinski definition) is 1. The molecule has 5 heteroatoms. The van der Waals surface area contributed by atoms with Gasteiger partial charge in [-0.25, -0.2) is 4.79 Å². The Labute approximate surface area is 109 Å². The molecule has 1 rings (SSSR count). The van der Waals surface area contributed by atoms with Gasteiger partial charge in [-0.15, -0.1) is 0 Å². The van der Waals surface area contributed by atoms with Gasteiger partial charge in [0.25, 0.3) is 0 Å². The SMILES string of the molecule is CC(Br)C(=O)c1cccc(I)c1C(=O)O. The van der Waals surface area contributed by atoms with Gasteiger partial charge in [0.15, 0.2) is 5.78 Å². The van der Waals surface area contributed by atoms with Crippen LogP contribution in [0.4, 0.5) is 0 Å². The van der Waals surface area contributed by atoms with Gasteiger partial charge in [0.1, 0.15) is 0 Å². The summed E-state index contributed by atoms with van der Waals surface area (Å²) in [6, 6.07) is 4.88. The van der Waals surface area contributed by atoms with Gasteiger partial charge in [-0.1, -0.05) is 28.1 Å². The van der Waals surface area contributed by atoms with Crippen molar-refractivity contribution < 1.29 is 14.7 Å². The van der Waals surface area contributed by atoms with Crippen LogP contribution in [0.2, 0.25) is 0 Å². The van der Waals surface area contributed by atoms with E-state index in [1.54, 1.807) is 19.1 Å². The van der Waals surface area contributed by atoms with E-state index in [4.69, 9.17) is 5.11 Å². The Balaban J connectivity index is 3.35. The lowest BCUT2D eigenvalue weighted by Gasteiger charge is -2.08. The van der Waals surface area contributed by atoms with Gasteiger partial charge in [-0.05, 0) is 35.6 Å². The molecule has 0 saturated heterocycles. The second kappa shape index (κ2) is 5.07. The highest BCUT2D eigenvalue weighted by molar-refractivity contribution is 14.1. The van der Waals surface area contributed by atoms with Crippen LogP contribution in [0, 0.1) is 3.57 Å². The van der Waals surface area contributed by atoms with E-state index in [1.807, 2.05) is 22.6 Å². The molecule has 0 heterocycles. The molecule has 1 N–H and O–H groups in total. The fraction of sp³-hybridized carbons (Fsp3) is 0.200. The van der Waals surface area contributed by atoms with E-state index in [1.165, 1.54) is 6.07 Å². The predicted octanol–water partition coefficient (Wildman–Crippen LogP) is 2.96. The minimum Gasteiger partial charge on any atom is -0.478 e. The maximum absolute atomic E-state index is 11.7. The molecule has 0 spiro atoms. The maximum Gasteiger partial charge on any atom is 0.337 e. The third-order valence-electron chi connectivity index (χ3n) is 1.85. The van der Waals surface area contributed by atoms with Crippen LogP contribution in [-0.2, 0) is 0 Å². The Morgan fingerprint density at radius 2 is 2.07 bits per heavy atom. The van der Waals surface area contributed by atoms with Crippen LogP contribution >= 0.6 is 38.5 Å². The van der Waals surface area contributed by atoms with Gasteiger partial charge in [-0.2, -0.15) is 0 Å². The van der Waals surface area contributed by atoms with Crippen molar-refractivity contribution in [3.8, 4) is 0 Å². The number of hydrogen-bond acceptors (Lipinski definition) is 2. The molecule has 15 heavy (non-hydrogen) atoms. The maximum atomic E-state index is 11.7. The van der Waals surface area contributed by atoms with Crippen molar-refractivity contribution in [2.75, 3.05) is 0 Å². The van der Waals surface area contributed by atoms with Crippen LogP contribution < -0.4 is 0 Å². The second-order valence-electron chi connectivity index (χ2n) is 2.95. The quantitative estimate of drug-likeness (QED) is 0.496. The first kappa shape index (κ1) is 12.6. The number of carbonyl (C=O) groups excluding carboxylic acids is 1. The van der Waals surface area contributed by atoms with Crippen LogP contribution in [0.3, 0.4) is 0 Å². The zero-order valence-electron chi connectivity index (χ0n) is 7.83. The zero-order valence-corrected chi connectivity index (χ0v) is 11.6. The Morgan fingerprint density at radius 3 is 2.53 bits per heavy atom. The summed E-state index contributed by atoms with van der Waals surface area (Å²) in [4.78, 5) is 22.3. The topological polar surface area (TPSA) is 54.4 Å². The molecule has 1 aromatic carbocycles. The van der Waals surface area contributed by atoms with E-state index in [-0.39, 0.29) is 21.7 Å². The van der Waals surface area contributed by atoms with Crippen molar-refractivity contribution in [1.29, 1.82) is 0 Å². The molecular weight excluding hydrogens is 375 g/mol. The summed E-state index contributed by atoms with van der Waals surface area (Å²) >= 11 is 5.05. The number of ketones is 1. The Bertz CT molecular complexity index is 415. The first-order valence-electron chi connectivity index (χ1n) is 4.15.